The SMILES string of the molecule is Cc1nn(CC(=O)NC[C@H]2CCN(Cc3ccco3)C2)cc1Cl. The average Bonchev–Trinajstić information content (AvgIpc) is 3.22. The zero-order chi connectivity index (χ0) is 16.2. The van der Waals surface area contributed by atoms with E-state index in [0.717, 1.165) is 37.5 Å². The monoisotopic (exact) mass is 336 g/mol. The summed E-state index contributed by atoms with van der Waals surface area (Å²) < 4.78 is 6.95. The largest absolute Gasteiger partial charge is 0.468 e. The van der Waals surface area contributed by atoms with E-state index in [1.54, 1.807) is 17.1 Å². The Labute approximate surface area is 140 Å². The minimum absolute atomic E-state index is 0.0337. The first-order valence-corrected chi connectivity index (χ1v) is 8.19. The summed E-state index contributed by atoms with van der Waals surface area (Å²) in [5, 5.41) is 7.76. The number of hydrogen-bond acceptors (Lipinski definition) is 4. The fourth-order valence-electron chi connectivity index (χ4n) is 2.88. The van der Waals surface area contributed by atoms with Gasteiger partial charge in [-0.1, -0.05) is 11.6 Å². The van der Waals surface area contributed by atoms with Crippen molar-refractivity contribution in [1.82, 2.24) is 20.0 Å². The molecule has 0 unspecified atom stereocenters. The molecule has 1 atom stereocenters. The van der Waals surface area contributed by atoms with Gasteiger partial charge >= 0.3 is 0 Å². The normalized spacial score (nSPS) is 18.4. The van der Waals surface area contributed by atoms with Gasteiger partial charge in [0.25, 0.3) is 0 Å². The van der Waals surface area contributed by atoms with E-state index in [2.05, 4.69) is 15.3 Å². The van der Waals surface area contributed by atoms with Crippen LogP contribution in [0.3, 0.4) is 0 Å². The molecule has 0 bridgehead atoms. The molecular weight excluding hydrogens is 316 g/mol. The van der Waals surface area contributed by atoms with Crippen LogP contribution in [0.25, 0.3) is 0 Å². The molecule has 7 heteroatoms. The molecule has 23 heavy (non-hydrogen) atoms. The molecule has 3 heterocycles. The molecule has 0 radical (unpaired) electrons. The molecule has 0 saturated carbocycles. The number of amides is 1. The number of carbonyl (C=O) groups excluding carboxylic acids is 1. The Kier molecular flexibility index (Phi) is 5.03. The zero-order valence-electron chi connectivity index (χ0n) is 13.2. The number of nitrogens with one attached hydrogen (secondary N) is 1. The Morgan fingerprint density at radius 3 is 3.13 bits per heavy atom. The molecule has 1 fully saturated rings. The number of nitrogens with zero attached hydrogens (tertiary/aromatic N) is 3. The third-order valence-electron chi connectivity index (χ3n) is 4.11. The van der Waals surface area contributed by atoms with Crippen LogP contribution in [0.2, 0.25) is 5.02 Å². The first-order valence-electron chi connectivity index (χ1n) is 7.81. The smallest absolute Gasteiger partial charge is 0.241 e. The van der Waals surface area contributed by atoms with Crippen LogP contribution < -0.4 is 5.32 Å². The van der Waals surface area contributed by atoms with Crippen molar-refractivity contribution < 1.29 is 9.21 Å². The van der Waals surface area contributed by atoms with Gasteiger partial charge in [0.1, 0.15) is 12.3 Å². The molecule has 3 rings (SSSR count). The second kappa shape index (κ2) is 7.19. The molecular formula is C16H21ClN4O2. The van der Waals surface area contributed by atoms with Crippen molar-refractivity contribution in [2.75, 3.05) is 19.6 Å². The summed E-state index contributed by atoms with van der Waals surface area (Å²) in [6.07, 6.45) is 4.47. The molecule has 0 aliphatic carbocycles. The Bertz CT molecular complexity index is 634. The topological polar surface area (TPSA) is 63.3 Å². The Morgan fingerprint density at radius 2 is 2.43 bits per heavy atom. The minimum Gasteiger partial charge on any atom is -0.468 e. The number of aryl methyl sites for hydroxylation is 1. The fraction of sp³-hybridized carbons (Fsp3) is 0.500. The number of aromatic nitrogens is 2. The van der Waals surface area contributed by atoms with Gasteiger partial charge in [-0.05, 0) is 37.9 Å². The summed E-state index contributed by atoms with van der Waals surface area (Å²) >= 11 is 5.94. The van der Waals surface area contributed by atoms with E-state index in [9.17, 15) is 4.79 Å². The minimum atomic E-state index is -0.0337. The van der Waals surface area contributed by atoms with E-state index >= 15 is 0 Å². The molecule has 1 N–H and O–H groups in total. The highest BCUT2D eigenvalue weighted by molar-refractivity contribution is 6.31. The Hall–Kier alpha value is -1.79. The zero-order valence-corrected chi connectivity index (χ0v) is 13.9. The van der Waals surface area contributed by atoms with Crippen molar-refractivity contribution in [1.29, 1.82) is 0 Å². The van der Waals surface area contributed by atoms with Crippen LogP contribution in [0.5, 0.6) is 0 Å². The van der Waals surface area contributed by atoms with Crippen molar-refractivity contribution in [3.05, 3.63) is 41.1 Å². The third kappa shape index (κ3) is 4.36. The van der Waals surface area contributed by atoms with E-state index in [1.165, 1.54) is 0 Å². The highest BCUT2D eigenvalue weighted by Gasteiger charge is 2.23. The summed E-state index contributed by atoms with van der Waals surface area (Å²) in [7, 11) is 0. The van der Waals surface area contributed by atoms with E-state index in [4.69, 9.17) is 16.0 Å². The lowest BCUT2D eigenvalue weighted by Gasteiger charge is -2.15. The summed E-state index contributed by atoms with van der Waals surface area (Å²) in [5.74, 6) is 1.44. The van der Waals surface area contributed by atoms with Gasteiger partial charge in [-0.15, -0.1) is 0 Å². The van der Waals surface area contributed by atoms with Gasteiger partial charge in [-0.25, -0.2) is 0 Å². The summed E-state index contributed by atoms with van der Waals surface area (Å²) in [6, 6.07) is 3.90. The number of hydrogen-bond donors (Lipinski definition) is 1. The third-order valence-corrected chi connectivity index (χ3v) is 4.48. The predicted octanol–water partition coefficient (Wildman–Crippen LogP) is 2.08. The number of halogens is 1. The van der Waals surface area contributed by atoms with Gasteiger partial charge in [-0.3, -0.25) is 14.4 Å². The molecule has 0 aromatic carbocycles. The highest BCUT2D eigenvalue weighted by atomic mass is 35.5. The second-order valence-electron chi connectivity index (χ2n) is 6.03. The summed E-state index contributed by atoms with van der Waals surface area (Å²) in [6.45, 7) is 5.58. The van der Waals surface area contributed by atoms with Crippen LogP contribution in [-0.4, -0.2) is 40.2 Å². The molecule has 1 saturated heterocycles. The van der Waals surface area contributed by atoms with Gasteiger partial charge in [0, 0.05) is 19.3 Å². The van der Waals surface area contributed by atoms with Crippen LogP contribution in [0.1, 0.15) is 17.9 Å². The van der Waals surface area contributed by atoms with Gasteiger partial charge in [0.05, 0.1) is 23.5 Å². The molecule has 124 valence electrons. The first-order chi connectivity index (χ1) is 11.1. The molecule has 1 amide bonds. The maximum atomic E-state index is 12.0. The maximum absolute atomic E-state index is 12.0. The molecule has 1 aliphatic heterocycles. The highest BCUT2D eigenvalue weighted by Crippen LogP contribution is 2.18. The molecule has 2 aromatic rings. The lowest BCUT2D eigenvalue weighted by atomic mass is 10.1. The molecule has 0 spiro atoms. The van der Waals surface area contributed by atoms with Crippen LogP contribution >= 0.6 is 11.6 Å². The number of carbonyl (C=O) groups is 1. The van der Waals surface area contributed by atoms with E-state index < -0.39 is 0 Å². The first kappa shape index (κ1) is 16.1. The Morgan fingerprint density at radius 1 is 1.57 bits per heavy atom. The number of likely N-dealkylation sites (tertiary alicyclic amines) is 1. The number of furan rings is 1. The summed E-state index contributed by atoms with van der Waals surface area (Å²) in [4.78, 5) is 14.3. The van der Waals surface area contributed by atoms with Crippen molar-refractivity contribution in [2.24, 2.45) is 5.92 Å². The van der Waals surface area contributed by atoms with Crippen molar-refractivity contribution in [3.8, 4) is 0 Å². The van der Waals surface area contributed by atoms with Crippen molar-refractivity contribution >= 4 is 17.5 Å². The van der Waals surface area contributed by atoms with Crippen LogP contribution in [-0.2, 0) is 17.9 Å². The number of rotatable bonds is 6. The quantitative estimate of drug-likeness (QED) is 0.877. The fourth-order valence-corrected chi connectivity index (χ4v) is 3.03. The van der Waals surface area contributed by atoms with Crippen molar-refractivity contribution in [2.45, 2.75) is 26.4 Å². The van der Waals surface area contributed by atoms with E-state index in [-0.39, 0.29) is 12.5 Å². The molecule has 2 aromatic heterocycles. The van der Waals surface area contributed by atoms with E-state index in [1.807, 2.05) is 19.1 Å². The van der Waals surface area contributed by atoms with E-state index in [0.29, 0.717) is 17.5 Å². The lowest BCUT2D eigenvalue weighted by molar-refractivity contribution is -0.122. The molecule has 1 aliphatic rings. The van der Waals surface area contributed by atoms with Crippen LogP contribution in [0, 0.1) is 12.8 Å². The van der Waals surface area contributed by atoms with Gasteiger partial charge in [0.15, 0.2) is 0 Å². The van der Waals surface area contributed by atoms with Gasteiger partial charge in [-0.2, -0.15) is 5.10 Å². The Balaban J connectivity index is 1.39. The predicted molar refractivity (Wildman–Crippen MR) is 87.1 cm³/mol. The second-order valence-corrected chi connectivity index (χ2v) is 6.44. The molecule has 6 nitrogen and oxygen atoms in total. The van der Waals surface area contributed by atoms with Gasteiger partial charge < -0.3 is 9.73 Å². The average molecular weight is 337 g/mol. The van der Waals surface area contributed by atoms with Crippen LogP contribution in [0.4, 0.5) is 0 Å². The standard InChI is InChI=1S/C16H21ClN4O2/c1-12-15(17)10-21(19-12)11-16(22)18-7-13-4-5-20(8-13)9-14-3-2-6-23-14/h2-3,6,10,13H,4-5,7-9,11H2,1H3,(H,18,22)/t13-/m1/s1. The maximum Gasteiger partial charge on any atom is 0.241 e. The van der Waals surface area contributed by atoms with Crippen LogP contribution in [0.15, 0.2) is 29.0 Å². The lowest BCUT2D eigenvalue weighted by Crippen LogP contribution is -2.33. The summed E-state index contributed by atoms with van der Waals surface area (Å²) in [5.41, 5.74) is 0.740. The van der Waals surface area contributed by atoms with Crippen molar-refractivity contribution in [3.63, 3.8) is 0 Å². The van der Waals surface area contributed by atoms with Gasteiger partial charge in [0.2, 0.25) is 5.91 Å².